The number of primary amides is 1. The van der Waals surface area contributed by atoms with Crippen molar-refractivity contribution in [2.75, 3.05) is 26.3 Å². The highest BCUT2D eigenvalue weighted by Crippen LogP contribution is 2.31. The zero-order chi connectivity index (χ0) is 17.9. The fourth-order valence-electron chi connectivity index (χ4n) is 3.50. The summed E-state index contributed by atoms with van der Waals surface area (Å²) in [5.74, 6) is -0.413. The Morgan fingerprint density at radius 2 is 1.73 bits per heavy atom. The summed E-state index contributed by atoms with van der Waals surface area (Å²) in [6.45, 7) is 3.70. The number of ether oxygens (including phenoxy) is 1. The molecule has 0 atom stereocenters. The van der Waals surface area contributed by atoms with Gasteiger partial charge in [0.1, 0.15) is 0 Å². The molecule has 0 aliphatic carbocycles. The number of carbonyl (C=O) groups excluding carboxylic acids is 1. The molecule has 0 radical (unpaired) electrons. The maximum Gasteiger partial charge on any atom is 0.249 e. The van der Waals surface area contributed by atoms with Crippen LogP contribution in [0.15, 0.2) is 54.6 Å². The van der Waals surface area contributed by atoms with E-state index in [2.05, 4.69) is 4.90 Å². The van der Waals surface area contributed by atoms with E-state index in [1.165, 1.54) is 0 Å². The van der Waals surface area contributed by atoms with E-state index in [0.29, 0.717) is 25.3 Å². The van der Waals surface area contributed by atoms with Crippen LogP contribution in [0.2, 0.25) is 0 Å². The quantitative estimate of drug-likeness (QED) is 0.788. The minimum absolute atomic E-state index is 0.413. The average molecular weight is 347 g/mol. The van der Waals surface area contributed by atoms with Crippen LogP contribution in [0.4, 0.5) is 0 Å². The van der Waals surface area contributed by atoms with Crippen LogP contribution in [0.3, 0.4) is 0 Å². The first-order valence-corrected chi connectivity index (χ1v) is 8.81. The summed E-state index contributed by atoms with van der Waals surface area (Å²) < 4.78 is 5.45. The van der Waals surface area contributed by atoms with Gasteiger partial charge in [0.2, 0.25) is 5.91 Å². The van der Waals surface area contributed by atoms with Gasteiger partial charge in [0.25, 0.3) is 0 Å². The van der Waals surface area contributed by atoms with Crippen LogP contribution in [0, 0.1) is 0 Å². The summed E-state index contributed by atoms with van der Waals surface area (Å²) in [6.07, 6.45) is 0. The first kappa shape index (κ1) is 16.7. The molecule has 0 unspecified atom stereocenters. The molecular formula is C21H21N3O2. The predicted molar refractivity (Wildman–Crippen MR) is 102 cm³/mol. The van der Waals surface area contributed by atoms with Crippen LogP contribution in [-0.4, -0.2) is 42.1 Å². The number of fused-ring (bicyclic) bond motifs is 1. The minimum atomic E-state index is -0.413. The SMILES string of the molecule is NC(=O)c1c(CN2CCOCC2)c(-c2ccccc2)nc2ccccc12. The lowest BCUT2D eigenvalue weighted by atomic mass is 9.95. The summed E-state index contributed by atoms with van der Waals surface area (Å²) in [6, 6.07) is 17.7. The van der Waals surface area contributed by atoms with E-state index in [1.807, 2.05) is 54.6 Å². The van der Waals surface area contributed by atoms with E-state index in [-0.39, 0.29) is 0 Å². The third-order valence-corrected chi connectivity index (χ3v) is 4.77. The molecule has 4 rings (SSSR count). The van der Waals surface area contributed by atoms with Gasteiger partial charge < -0.3 is 10.5 Å². The van der Waals surface area contributed by atoms with Gasteiger partial charge in [-0.15, -0.1) is 0 Å². The minimum Gasteiger partial charge on any atom is -0.379 e. The number of pyridine rings is 1. The van der Waals surface area contributed by atoms with Crippen molar-refractivity contribution < 1.29 is 9.53 Å². The lowest BCUT2D eigenvalue weighted by Gasteiger charge is -2.28. The normalized spacial score (nSPS) is 15.2. The van der Waals surface area contributed by atoms with Crippen molar-refractivity contribution in [3.63, 3.8) is 0 Å². The van der Waals surface area contributed by atoms with Crippen molar-refractivity contribution in [1.29, 1.82) is 0 Å². The number of hydrogen-bond acceptors (Lipinski definition) is 4. The molecule has 1 aliphatic heterocycles. The summed E-state index contributed by atoms with van der Waals surface area (Å²) >= 11 is 0. The second-order valence-electron chi connectivity index (χ2n) is 6.45. The Morgan fingerprint density at radius 1 is 1.04 bits per heavy atom. The number of nitrogens with zero attached hydrogens (tertiary/aromatic N) is 2. The van der Waals surface area contributed by atoms with Gasteiger partial charge in [-0.3, -0.25) is 9.69 Å². The van der Waals surface area contributed by atoms with Gasteiger partial charge in [-0.05, 0) is 6.07 Å². The molecule has 1 amide bonds. The van der Waals surface area contributed by atoms with Crippen molar-refractivity contribution in [3.05, 3.63) is 65.7 Å². The van der Waals surface area contributed by atoms with Gasteiger partial charge in [-0.2, -0.15) is 0 Å². The van der Waals surface area contributed by atoms with E-state index in [0.717, 1.165) is 40.8 Å². The lowest BCUT2D eigenvalue weighted by molar-refractivity contribution is 0.0341. The fourth-order valence-corrected chi connectivity index (χ4v) is 3.50. The van der Waals surface area contributed by atoms with Gasteiger partial charge in [0.15, 0.2) is 0 Å². The molecule has 5 nitrogen and oxygen atoms in total. The molecule has 1 fully saturated rings. The lowest BCUT2D eigenvalue weighted by Crippen LogP contribution is -2.36. The van der Waals surface area contributed by atoms with Gasteiger partial charge in [0, 0.05) is 36.1 Å². The van der Waals surface area contributed by atoms with E-state index >= 15 is 0 Å². The van der Waals surface area contributed by atoms with Gasteiger partial charge in [-0.1, -0.05) is 48.5 Å². The molecule has 0 bridgehead atoms. The Hall–Kier alpha value is -2.76. The molecule has 0 saturated carbocycles. The Morgan fingerprint density at radius 3 is 2.46 bits per heavy atom. The number of benzene rings is 2. The van der Waals surface area contributed by atoms with Crippen LogP contribution >= 0.6 is 0 Å². The van der Waals surface area contributed by atoms with Crippen molar-refractivity contribution >= 4 is 16.8 Å². The zero-order valence-corrected chi connectivity index (χ0v) is 14.5. The molecule has 3 aromatic rings. The van der Waals surface area contributed by atoms with E-state index in [4.69, 9.17) is 15.5 Å². The second-order valence-corrected chi connectivity index (χ2v) is 6.45. The first-order valence-electron chi connectivity index (χ1n) is 8.81. The summed E-state index contributed by atoms with van der Waals surface area (Å²) in [5.41, 5.74) is 9.88. The largest absolute Gasteiger partial charge is 0.379 e. The molecule has 2 heterocycles. The number of hydrogen-bond donors (Lipinski definition) is 1. The Labute approximate surface area is 152 Å². The average Bonchev–Trinajstić information content (AvgIpc) is 2.68. The van der Waals surface area contributed by atoms with Crippen molar-refractivity contribution in [1.82, 2.24) is 9.88 Å². The Balaban J connectivity index is 1.94. The maximum absolute atomic E-state index is 12.4. The molecule has 1 aliphatic rings. The number of para-hydroxylation sites is 1. The fraction of sp³-hybridized carbons (Fsp3) is 0.238. The number of aromatic nitrogens is 1. The van der Waals surface area contributed by atoms with Gasteiger partial charge in [-0.25, -0.2) is 4.98 Å². The third-order valence-electron chi connectivity index (χ3n) is 4.77. The van der Waals surface area contributed by atoms with E-state index in [1.54, 1.807) is 0 Å². The van der Waals surface area contributed by atoms with Crippen LogP contribution in [0.5, 0.6) is 0 Å². The number of morpholine rings is 1. The molecular weight excluding hydrogens is 326 g/mol. The van der Waals surface area contributed by atoms with Crippen LogP contribution in [0.25, 0.3) is 22.2 Å². The topological polar surface area (TPSA) is 68.5 Å². The molecule has 1 saturated heterocycles. The highest BCUT2D eigenvalue weighted by atomic mass is 16.5. The van der Waals surface area contributed by atoms with Crippen molar-refractivity contribution in [2.45, 2.75) is 6.54 Å². The highest BCUT2D eigenvalue weighted by molar-refractivity contribution is 6.08. The Kier molecular flexibility index (Phi) is 4.65. The predicted octanol–water partition coefficient (Wildman–Crippen LogP) is 2.83. The smallest absolute Gasteiger partial charge is 0.249 e. The highest BCUT2D eigenvalue weighted by Gasteiger charge is 2.22. The van der Waals surface area contributed by atoms with Gasteiger partial charge >= 0.3 is 0 Å². The molecule has 2 aromatic carbocycles. The summed E-state index contributed by atoms with van der Waals surface area (Å²) in [7, 11) is 0. The Bertz CT molecular complexity index is 935. The summed E-state index contributed by atoms with van der Waals surface area (Å²) in [4.78, 5) is 19.6. The molecule has 2 N–H and O–H groups in total. The van der Waals surface area contributed by atoms with Crippen LogP contribution < -0.4 is 5.73 Å². The zero-order valence-electron chi connectivity index (χ0n) is 14.5. The van der Waals surface area contributed by atoms with Crippen LogP contribution in [-0.2, 0) is 11.3 Å². The first-order chi connectivity index (χ1) is 12.7. The second kappa shape index (κ2) is 7.23. The van der Waals surface area contributed by atoms with Gasteiger partial charge in [0.05, 0.1) is 30.0 Å². The van der Waals surface area contributed by atoms with Crippen molar-refractivity contribution in [3.8, 4) is 11.3 Å². The van der Waals surface area contributed by atoms with E-state index < -0.39 is 5.91 Å². The standard InChI is InChI=1S/C21H21N3O2/c22-21(25)19-16-8-4-5-9-18(16)23-20(15-6-2-1-3-7-15)17(19)14-24-10-12-26-13-11-24/h1-9H,10-14H2,(H2,22,25). The molecule has 0 spiro atoms. The molecule has 1 aromatic heterocycles. The monoisotopic (exact) mass is 347 g/mol. The summed E-state index contributed by atoms with van der Waals surface area (Å²) in [5, 5.41) is 0.808. The maximum atomic E-state index is 12.4. The number of carbonyl (C=O) groups is 1. The number of amides is 1. The van der Waals surface area contributed by atoms with Crippen molar-refractivity contribution in [2.24, 2.45) is 5.73 Å². The molecule has 26 heavy (non-hydrogen) atoms. The third kappa shape index (κ3) is 3.19. The molecule has 132 valence electrons. The number of nitrogens with two attached hydrogens (primary N) is 1. The number of rotatable bonds is 4. The van der Waals surface area contributed by atoms with Crippen LogP contribution in [0.1, 0.15) is 15.9 Å². The van der Waals surface area contributed by atoms with E-state index in [9.17, 15) is 4.79 Å². The molecule has 5 heteroatoms.